The van der Waals surface area contributed by atoms with Gasteiger partial charge in [-0.1, -0.05) is 6.92 Å². The molecular weight excluding hydrogens is 153 g/mol. The maximum Gasteiger partial charge on any atom is 0.389 e. The number of hydrogen-bond acceptors (Lipinski definition) is 0. The Kier molecular flexibility index (Phi) is 2.45. The molecular formula is C8H13F3. The summed E-state index contributed by atoms with van der Waals surface area (Å²) < 4.78 is 35.1. The van der Waals surface area contributed by atoms with Crippen LogP contribution in [0.4, 0.5) is 13.2 Å². The molecule has 1 aliphatic rings. The minimum Gasteiger partial charge on any atom is -0.171 e. The second kappa shape index (κ2) is 3.03. The third kappa shape index (κ3) is 3.63. The lowest BCUT2D eigenvalue weighted by molar-refractivity contribution is -0.137. The molecule has 0 spiro atoms. The average Bonchev–Trinajstić information content (AvgIpc) is 2.61. The summed E-state index contributed by atoms with van der Waals surface area (Å²) in [7, 11) is 0. The van der Waals surface area contributed by atoms with Crippen LogP contribution in [0.3, 0.4) is 0 Å². The van der Waals surface area contributed by atoms with Gasteiger partial charge >= 0.3 is 6.18 Å². The highest BCUT2D eigenvalue weighted by molar-refractivity contribution is 4.78. The SMILES string of the molecule is CC(CCC(F)(F)F)C1CC1. The molecule has 1 unspecified atom stereocenters. The third-order valence-corrected chi connectivity index (χ3v) is 2.31. The van der Waals surface area contributed by atoms with Crippen LogP contribution in [0, 0.1) is 11.8 Å². The zero-order chi connectivity index (χ0) is 8.48. The van der Waals surface area contributed by atoms with Gasteiger partial charge in [0.15, 0.2) is 0 Å². The number of halogens is 3. The first-order valence-corrected chi connectivity index (χ1v) is 4.06. The van der Waals surface area contributed by atoms with Gasteiger partial charge in [0.1, 0.15) is 0 Å². The van der Waals surface area contributed by atoms with Crippen LogP contribution in [0.25, 0.3) is 0 Å². The Hall–Kier alpha value is -0.210. The van der Waals surface area contributed by atoms with E-state index in [0.717, 1.165) is 12.8 Å². The van der Waals surface area contributed by atoms with E-state index in [1.165, 1.54) is 0 Å². The van der Waals surface area contributed by atoms with Crippen LogP contribution in [-0.4, -0.2) is 6.18 Å². The second-order valence-corrected chi connectivity index (χ2v) is 3.47. The summed E-state index contributed by atoms with van der Waals surface area (Å²) in [5.74, 6) is 0.869. The molecule has 3 heteroatoms. The normalized spacial score (nSPS) is 21.8. The van der Waals surface area contributed by atoms with Crippen LogP contribution < -0.4 is 0 Å². The van der Waals surface area contributed by atoms with Gasteiger partial charge in [0.2, 0.25) is 0 Å². The molecule has 0 heterocycles. The summed E-state index contributed by atoms with van der Waals surface area (Å²) in [5, 5.41) is 0. The molecule has 0 nitrogen and oxygen atoms in total. The molecule has 1 atom stereocenters. The largest absolute Gasteiger partial charge is 0.389 e. The third-order valence-electron chi connectivity index (χ3n) is 2.31. The highest BCUT2D eigenvalue weighted by Crippen LogP contribution is 2.40. The molecule has 66 valence electrons. The molecule has 0 aromatic rings. The minimum atomic E-state index is -3.96. The molecule has 1 fully saturated rings. The van der Waals surface area contributed by atoms with E-state index in [9.17, 15) is 13.2 Å². The van der Waals surface area contributed by atoms with E-state index < -0.39 is 12.6 Å². The standard InChI is InChI=1S/C8H13F3/c1-6(7-2-3-7)4-5-8(9,10)11/h6-7H,2-5H2,1H3. The fraction of sp³-hybridized carbons (Fsp3) is 1.00. The van der Waals surface area contributed by atoms with Crippen molar-refractivity contribution in [2.24, 2.45) is 11.8 Å². The van der Waals surface area contributed by atoms with E-state index in [0.29, 0.717) is 12.3 Å². The Bertz CT molecular complexity index is 124. The van der Waals surface area contributed by atoms with Crippen molar-refractivity contribution in [2.45, 2.75) is 38.8 Å². The summed E-state index contributed by atoms with van der Waals surface area (Å²) in [6.07, 6.45) is -1.97. The zero-order valence-electron chi connectivity index (χ0n) is 6.62. The molecule has 0 radical (unpaired) electrons. The number of rotatable bonds is 3. The highest BCUT2D eigenvalue weighted by Gasteiger charge is 2.32. The van der Waals surface area contributed by atoms with E-state index in [4.69, 9.17) is 0 Å². The summed E-state index contributed by atoms with van der Waals surface area (Å²) in [6, 6.07) is 0. The van der Waals surface area contributed by atoms with Gasteiger partial charge in [-0.3, -0.25) is 0 Å². The van der Waals surface area contributed by atoms with Crippen molar-refractivity contribution in [3.05, 3.63) is 0 Å². The summed E-state index contributed by atoms with van der Waals surface area (Å²) in [6.45, 7) is 1.92. The molecule has 0 amide bonds. The van der Waals surface area contributed by atoms with Gasteiger partial charge in [0, 0.05) is 6.42 Å². The van der Waals surface area contributed by atoms with Crippen LogP contribution in [0.5, 0.6) is 0 Å². The lowest BCUT2D eigenvalue weighted by atomic mass is 10.0. The Balaban J connectivity index is 2.10. The van der Waals surface area contributed by atoms with E-state index >= 15 is 0 Å². The van der Waals surface area contributed by atoms with Crippen molar-refractivity contribution >= 4 is 0 Å². The maximum absolute atomic E-state index is 11.7. The van der Waals surface area contributed by atoms with E-state index in [1.807, 2.05) is 6.92 Å². The van der Waals surface area contributed by atoms with Gasteiger partial charge in [0.25, 0.3) is 0 Å². The molecule has 1 saturated carbocycles. The molecule has 0 saturated heterocycles. The van der Waals surface area contributed by atoms with Crippen LogP contribution in [0.1, 0.15) is 32.6 Å². The first-order valence-electron chi connectivity index (χ1n) is 4.06. The van der Waals surface area contributed by atoms with Crippen molar-refractivity contribution < 1.29 is 13.2 Å². The minimum absolute atomic E-state index is 0.275. The summed E-state index contributed by atoms with van der Waals surface area (Å²) >= 11 is 0. The lowest BCUT2D eigenvalue weighted by Crippen LogP contribution is -2.10. The molecule has 0 aromatic carbocycles. The van der Waals surface area contributed by atoms with Crippen LogP contribution in [-0.2, 0) is 0 Å². The molecule has 11 heavy (non-hydrogen) atoms. The fourth-order valence-corrected chi connectivity index (χ4v) is 1.29. The van der Waals surface area contributed by atoms with E-state index in [2.05, 4.69) is 0 Å². The lowest BCUT2D eigenvalue weighted by Gasteiger charge is -2.11. The van der Waals surface area contributed by atoms with Crippen molar-refractivity contribution in [3.8, 4) is 0 Å². The highest BCUT2D eigenvalue weighted by atomic mass is 19.4. The molecule has 1 aliphatic carbocycles. The average molecular weight is 166 g/mol. The van der Waals surface area contributed by atoms with Crippen molar-refractivity contribution in [2.75, 3.05) is 0 Å². The summed E-state index contributed by atoms with van der Waals surface area (Å²) in [4.78, 5) is 0. The smallest absolute Gasteiger partial charge is 0.171 e. The molecule has 0 N–H and O–H groups in total. The summed E-state index contributed by atoms with van der Waals surface area (Å²) in [5.41, 5.74) is 0. The maximum atomic E-state index is 11.7. The fourth-order valence-electron chi connectivity index (χ4n) is 1.29. The monoisotopic (exact) mass is 166 g/mol. The molecule has 0 bridgehead atoms. The molecule has 0 aliphatic heterocycles. The van der Waals surface area contributed by atoms with Crippen LogP contribution in [0.15, 0.2) is 0 Å². The van der Waals surface area contributed by atoms with Gasteiger partial charge in [-0.2, -0.15) is 13.2 Å². The first kappa shape index (κ1) is 8.88. The van der Waals surface area contributed by atoms with Gasteiger partial charge in [-0.25, -0.2) is 0 Å². The van der Waals surface area contributed by atoms with Gasteiger partial charge in [0.05, 0.1) is 0 Å². The zero-order valence-corrected chi connectivity index (χ0v) is 6.62. The van der Waals surface area contributed by atoms with Crippen molar-refractivity contribution in [1.82, 2.24) is 0 Å². The van der Waals surface area contributed by atoms with Crippen molar-refractivity contribution in [1.29, 1.82) is 0 Å². The quantitative estimate of drug-likeness (QED) is 0.603. The number of alkyl halides is 3. The molecule has 1 rings (SSSR count). The van der Waals surface area contributed by atoms with Gasteiger partial charge < -0.3 is 0 Å². The second-order valence-electron chi connectivity index (χ2n) is 3.47. The topological polar surface area (TPSA) is 0 Å². The Morgan fingerprint density at radius 3 is 2.27 bits per heavy atom. The van der Waals surface area contributed by atoms with Crippen LogP contribution >= 0.6 is 0 Å². The Morgan fingerprint density at radius 2 is 1.91 bits per heavy atom. The Labute approximate surface area is 64.8 Å². The number of hydrogen-bond donors (Lipinski definition) is 0. The predicted molar refractivity (Wildman–Crippen MR) is 37.2 cm³/mol. The van der Waals surface area contributed by atoms with E-state index in [1.54, 1.807) is 0 Å². The van der Waals surface area contributed by atoms with E-state index in [-0.39, 0.29) is 5.92 Å². The first-order chi connectivity index (χ1) is 4.99. The van der Waals surface area contributed by atoms with Gasteiger partial charge in [-0.05, 0) is 31.1 Å². The predicted octanol–water partition coefficient (Wildman–Crippen LogP) is 3.38. The molecule has 0 aromatic heterocycles. The van der Waals surface area contributed by atoms with Crippen LogP contribution in [0.2, 0.25) is 0 Å². The van der Waals surface area contributed by atoms with Gasteiger partial charge in [-0.15, -0.1) is 0 Å². The van der Waals surface area contributed by atoms with Crippen molar-refractivity contribution in [3.63, 3.8) is 0 Å². The Morgan fingerprint density at radius 1 is 1.36 bits per heavy atom.